The molecule has 7 nitrogen and oxygen atoms in total. The van der Waals surface area contributed by atoms with Crippen molar-refractivity contribution in [2.75, 3.05) is 50.8 Å². The zero-order chi connectivity index (χ0) is 22.8. The first-order valence-electron chi connectivity index (χ1n) is 11.4. The number of aliphatic imine (C=N–C) groups is 1. The molecule has 1 amide bonds. The number of benzene rings is 2. The number of halogens is 1. The maximum atomic E-state index is 11.6. The second-order valence-corrected chi connectivity index (χ2v) is 7.87. The van der Waals surface area contributed by atoms with Crippen LogP contribution >= 0.6 is 24.0 Å². The van der Waals surface area contributed by atoms with E-state index in [0.717, 1.165) is 44.2 Å². The van der Waals surface area contributed by atoms with E-state index in [-0.39, 0.29) is 36.5 Å². The third-order valence-electron chi connectivity index (χ3n) is 5.33. The fraction of sp³-hybridized carbons (Fsp3) is 0.440. The van der Waals surface area contributed by atoms with Crippen LogP contribution < -0.4 is 20.3 Å². The summed E-state index contributed by atoms with van der Waals surface area (Å²) in [6.45, 7) is 11.9. The number of amides is 1. The zero-order valence-corrected chi connectivity index (χ0v) is 22.2. The molecule has 33 heavy (non-hydrogen) atoms. The number of nitrogens with one attached hydrogen (secondary N) is 2. The van der Waals surface area contributed by atoms with Gasteiger partial charge in [-0.25, -0.2) is 4.99 Å². The Morgan fingerprint density at radius 1 is 1.00 bits per heavy atom. The first-order chi connectivity index (χ1) is 15.6. The molecule has 3 rings (SSSR count). The molecule has 1 aliphatic heterocycles. The highest BCUT2D eigenvalue weighted by Crippen LogP contribution is 2.18. The Balaban J connectivity index is 0.00000385. The fourth-order valence-corrected chi connectivity index (χ4v) is 3.72. The second kappa shape index (κ2) is 13.9. The van der Waals surface area contributed by atoms with E-state index in [1.165, 1.54) is 11.3 Å². The molecule has 0 radical (unpaired) electrons. The molecule has 180 valence electrons. The van der Waals surface area contributed by atoms with E-state index in [1.54, 1.807) is 0 Å². The number of rotatable bonds is 8. The molecule has 8 heteroatoms. The fourth-order valence-electron chi connectivity index (χ4n) is 3.72. The Hall–Kier alpha value is -2.49. The van der Waals surface area contributed by atoms with Crippen LogP contribution in [0, 0.1) is 6.92 Å². The van der Waals surface area contributed by atoms with E-state index in [9.17, 15) is 4.79 Å². The number of carbonyl (C=O) groups excluding carboxylic acids is 1. The molecule has 0 saturated carbocycles. The summed E-state index contributed by atoms with van der Waals surface area (Å²) in [6.07, 6.45) is 0. The molecule has 1 heterocycles. The van der Waals surface area contributed by atoms with Crippen LogP contribution in [0.3, 0.4) is 0 Å². The molecule has 0 bridgehead atoms. The van der Waals surface area contributed by atoms with Gasteiger partial charge in [0.05, 0.1) is 6.54 Å². The van der Waals surface area contributed by atoms with E-state index in [1.807, 2.05) is 31.2 Å². The molecule has 0 spiro atoms. The van der Waals surface area contributed by atoms with Crippen LogP contribution in [0.1, 0.15) is 25.0 Å². The van der Waals surface area contributed by atoms with Gasteiger partial charge < -0.3 is 25.2 Å². The molecule has 2 aromatic rings. The number of aryl methyl sites for hydroxylation is 1. The number of guanidine groups is 1. The molecule has 2 N–H and O–H groups in total. The molecular weight excluding hydrogens is 529 g/mol. The standard InChI is InChI=1S/C25H35N5O2.HI/c1-4-26-24(31)19-32-23-11-7-9-21(17-23)18-28-25(27-5-2)30-14-12-29(13-15-30)22-10-6-8-20(3)16-22;/h6-11,16-17H,4-5,12-15,18-19H2,1-3H3,(H,26,31)(H,27,28);1H. The number of carbonyl (C=O) groups is 1. The van der Waals surface area contributed by atoms with Crippen LogP contribution in [0.5, 0.6) is 5.75 Å². The Bertz CT molecular complexity index is 913. The predicted molar refractivity (Wildman–Crippen MR) is 146 cm³/mol. The smallest absolute Gasteiger partial charge is 0.257 e. The van der Waals surface area contributed by atoms with Gasteiger partial charge in [-0.3, -0.25) is 4.79 Å². The molecular formula is C25H36IN5O2. The summed E-state index contributed by atoms with van der Waals surface area (Å²) in [5.74, 6) is 1.50. The van der Waals surface area contributed by atoms with Crippen molar-refractivity contribution in [3.05, 3.63) is 59.7 Å². The van der Waals surface area contributed by atoms with E-state index in [2.05, 4.69) is 58.5 Å². The highest BCUT2D eigenvalue weighted by molar-refractivity contribution is 14.0. The first kappa shape index (κ1) is 26.8. The number of ether oxygens (including phenoxy) is 1. The Labute approximate surface area is 214 Å². The number of hydrogen-bond acceptors (Lipinski definition) is 4. The number of hydrogen-bond donors (Lipinski definition) is 2. The van der Waals surface area contributed by atoms with E-state index < -0.39 is 0 Å². The van der Waals surface area contributed by atoms with Gasteiger partial charge in [0.2, 0.25) is 0 Å². The molecule has 0 atom stereocenters. The Morgan fingerprint density at radius 2 is 1.73 bits per heavy atom. The van der Waals surface area contributed by atoms with Gasteiger partial charge in [0.25, 0.3) is 5.91 Å². The van der Waals surface area contributed by atoms with Gasteiger partial charge in [-0.15, -0.1) is 24.0 Å². The third kappa shape index (κ3) is 8.42. The summed E-state index contributed by atoms with van der Waals surface area (Å²) in [7, 11) is 0. The van der Waals surface area contributed by atoms with Gasteiger partial charge >= 0.3 is 0 Å². The van der Waals surface area contributed by atoms with Crippen molar-refractivity contribution in [3.8, 4) is 5.75 Å². The molecule has 1 fully saturated rings. The maximum absolute atomic E-state index is 11.6. The summed E-state index contributed by atoms with van der Waals surface area (Å²) in [5, 5.41) is 6.16. The normalized spacial score (nSPS) is 13.8. The van der Waals surface area contributed by atoms with Gasteiger partial charge in [0, 0.05) is 45.0 Å². The van der Waals surface area contributed by atoms with E-state index in [0.29, 0.717) is 18.8 Å². The van der Waals surface area contributed by atoms with E-state index >= 15 is 0 Å². The molecule has 2 aromatic carbocycles. The van der Waals surface area contributed by atoms with Crippen LogP contribution in [0.2, 0.25) is 0 Å². The number of piperazine rings is 1. The molecule has 1 aliphatic rings. The van der Waals surface area contributed by atoms with Gasteiger partial charge in [0.15, 0.2) is 12.6 Å². The van der Waals surface area contributed by atoms with Crippen molar-refractivity contribution in [1.82, 2.24) is 15.5 Å². The summed E-state index contributed by atoms with van der Waals surface area (Å²) in [5.41, 5.74) is 3.63. The maximum Gasteiger partial charge on any atom is 0.257 e. The number of anilines is 1. The minimum atomic E-state index is -0.116. The monoisotopic (exact) mass is 565 g/mol. The number of likely N-dealkylation sites (N-methyl/N-ethyl adjacent to an activating group) is 1. The quantitative estimate of drug-likeness (QED) is 0.292. The van der Waals surface area contributed by atoms with Crippen molar-refractivity contribution < 1.29 is 9.53 Å². The highest BCUT2D eigenvalue weighted by atomic mass is 127. The largest absolute Gasteiger partial charge is 0.484 e. The first-order valence-corrected chi connectivity index (χ1v) is 11.4. The lowest BCUT2D eigenvalue weighted by Crippen LogP contribution is -2.52. The SMILES string of the molecule is CCNC(=O)COc1cccc(CN=C(NCC)N2CCN(c3cccc(C)c3)CC2)c1.I. The lowest BCUT2D eigenvalue weighted by atomic mass is 10.2. The number of nitrogens with zero attached hydrogens (tertiary/aromatic N) is 3. The van der Waals surface area contributed by atoms with Crippen molar-refractivity contribution in [2.24, 2.45) is 4.99 Å². The average molecular weight is 566 g/mol. The summed E-state index contributed by atoms with van der Waals surface area (Å²) >= 11 is 0. The van der Waals surface area contributed by atoms with Gasteiger partial charge in [0.1, 0.15) is 5.75 Å². The average Bonchev–Trinajstić information content (AvgIpc) is 2.81. The van der Waals surface area contributed by atoms with Crippen LogP contribution in [0.25, 0.3) is 0 Å². The highest BCUT2D eigenvalue weighted by Gasteiger charge is 2.20. The minimum Gasteiger partial charge on any atom is -0.484 e. The summed E-state index contributed by atoms with van der Waals surface area (Å²) < 4.78 is 5.60. The van der Waals surface area contributed by atoms with Crippen molar-refractivity contribution in [1.29, 1.82) is 0 Å². The van der Waals surface area contributed by atoms with Crippen LogP contribution in [0.15, 0.2) is 53.5 Å². The van der Waals surface area contributed by atoms with Gasteiger partial charge in [-0.05, 0) is 56.2 Å². The van der Waals surface area contributed by atoms with Crippen molar-refractivity contribution in [3.63, 3.8) is 0 Å². The lowest BCUT2D eigenvalue weighted by Gasteiger charge is -2.37. The third-order valence-corrected chi connectivity index (χ3v) is 5.33. The van der Waals surface area contributed by atoms with Crippen LogP contribution in [-0.2, 0) is 11.3 Å². The van der Waals surface area contributed by atoms with Gasteiger partial charge in [-0.1, -0.05) is 24.3 Å². The molecule has 0 aromatic heterocycles. The molecule has 0 aliphatic carbocycles. The van der Waals surface area contributed by atoms with Crippen LogP contribution in [-0.4, -0.2) is 62.6 Å². The van der Waals surface area contributed by atoms with E-state index in [4.69, 9.17) is 9.73 Å². The van der Waals surface area contributed by atoms with Gasteiger partial charge in [-0.2, -0.15) is 0 Å². The van der Waals surface area contributed by atoms with Crippen LogP contribution in [0.4, 0.5) is 5.69 Å². The molecule has 1 saturated heterocycles. The van der Waals surface area contributed by atoms with Crippen molar-refractivity contribution in [2.45, 2.75) is 27.3 Å². The Morgan fingerprint density at radius 3 is 2.42 bits per heavy atom. The summed E-state index contributed by atoms with van der Waals surface area (Å²) in [4.78, 5) is 21.2. The second-order valence-electron chi connectivity index (χ2n) is 7.87. The topological polar surface area (TPSA) is 69.2 Å². The van der Waals surface area contributed by atoms with Crippen molar-refractivity contribution >= 4 is 41.5 Å². The summed E-state index contributed by atoms with van der Waals surface area (Å²) in [6, 6.07) is 16.5. The predicted octanol–water partition coefficient (Wildman–Crippen LogP) is 3.42. The lowest BCUT2D eigenvalue weighted by molar-refractivity contribution is -0.122. The molecule has 0 unspecified atom stereocenters. The Kier molecular flexibility index (Phi) is 11.3. The zero-order valence-electron chi connectivity index (χ0n) is 19.8. The minimum absolute atomic E-state index is 0.